The molecule has 2 aromatic carbocycles. The average molecular weight is 348 g/mol. The van der Waals surface area contributed by atoms with Gasteiger partial charge in [-0.05, 0) is 50.1 Å². The first-order valence-corrected chi connectivity index (χ1v) is 8.64. The van der Waals surface area contributed by atoms with Gasteiger partial charge in [-0.2, -0.15) is 5.10 Å². The summed E-state index contributed by atoms with van der Waals surface area (Å²) in [5, 5.41) is 8.37. The predicted octanol–water partition coefficient (Wildman–Crippen LogP) is 3.67. The Labute approximate surface area is 153 Å². The van der Waals surface area contributed by atoms with Crippen molar-refractivity contribution >= 4 is 28.7 Å². The number of hydrogen-bond acceptors (Lipinski definition) is 3. The lowest BCUT2D eigenvalue weighted by molar-refractivity contribution is -0.119. The van der Waals surface area contributed by atoms with E-state index in [9.17, 15) is 4.79 Å². The standard InChI is InChI=1S/C21H24N4O/c1-14-9-10-17(11-15(14)2)22-13-21(26)24-23-12-19-16(3)25(4)20-8-6-5-7-18(19)20/h5-12,22H,13H2,1-4H3,(H,24,26)/b23-12+. The molecular weight excluding hydrogens is 324 g/mol. The van der Waals surface area contributed by atoms with Crippen LogP contribution >= 0.6 is 0 Å². The number of fused-ring (bicyclic) bond motifs is 1. The van der Waals surface area contributed by atoms with Gasteiger partial charge in [0.25, 0.3) is 5.91 Å². The molecule has 0 saturated carbocycles. The fourth-order valence-electron chi connectivity index (χ4n) is 2.96. The molecule has 26 heavy (non-hydrogen) atoms. The summed E-state index contributed by atoms with van der Waals surface area (Å²) in [7, 11) is 2.03. The fourth-order valence-corrected chi connectivity index (χ4v) is 2.96. The number of hydrazone groups is 1. The molecular formula is C21H24N4O. The van der Waals surface area contributed by atoms with Gasteiger partial charge in [0.1, 0.15) is 0 Å². The molecule has 2 N–H and O–H groups in total. The Hall–Kier alpha value is -3.08. The van der Waals surface area contributed by atoms with E-state index in [1.165, 1.54) is 11.1 Å². The highest BCUT2D eigenvalue weighted by molar-refractivity contribution is 6.01. The number of hydrogen-bond donors (Lipinski definition) is 2. The number of benzene rings is 2. The minimum atomic E-state index is -0.183. The van der Waals surface area contributed by atoms with Gasteiger partial charge < -0.3 is 9.88 Å². The van der Waals surface area contributed by atoms with Gasteiger partial charge in [-0.25, -0.2) is 5.43 Å². The number of para-hydroxylation sites is 1. The average Bonchev–Trinajstić information content (AvgIpc) is 2.88. The number of amides is 1. The van der Waals surface area contributed by atoms with Crippen LogP contribution in [0.4, 0.5) is 5.69 Å². The van der Waals surface area contributed by atoms with Crippen LogP contribution in [0.25, 0.3) is 10.9 Å². The van der Waals surface area contributed by atoms with Gasteiger partial charge >= 0.3 is 0 Å². The second kappa shape index (κ2) is 7.44. The zero-order chi connectivity index (χ0) is 18.7. The van der Waals surface area contributed by atoms with E-state index in [0.29, 0.717) is 0 Å². The number of nitrogens with one attached hydrogen (secondary N) is 2. The van der Waals surface area contributed by atoms with Crippen LogP contribution in [0.15, 0.2) is 47.6 Å². The van der Waals surface area contributed by atoms with E-state index in [-0.39, 0.29) is 12.5 Å². The molecule has 0 radical (unpaired) electrons. The van der Waals surface area contributed by atoms with Crippen molar-refractivity contribution in [1.29, 1.82) is 0 Å². The zero-order valence-corrected chi connectivity index (χ0v) is 15.6. The quantitative estimate of drug-likeness (QED) is 0.546. The Morgan fingerprint density at radius 1 is 1.12 bits per heavy atom. The number of nitrogens with zero attached hydrogens (tertiary/aromatic N) is 2. The van der Waals surface area contributed by atoms with Crippen LogP contribution in [0.3, 0.4) is 0 Å². The summed E-state index contributed by atoms with van der Waals surface area (Å²) in [6.07, 6.45) is 1.71. The molecule has 1 amide bonds. The summed E-state index contributed by atoms with van der Waals surface area (Å²) in [6.45, 7) is 6.34. The van der Waals surface area contributed by atoms with Crippen molar-refractivity contribution in [3.05, 3.63) is 64.8 Å². The molecule has 0 unspecified atom stereocenters. The van der Waals surface area contributed by atoms with Crippen LogP contribution < -0.4 is 10.7 Å². The summed E-state index contributed by atoms with van der Waals surface area (Å²) >= 11 is 0. The van der Waals surface area contributed by atoms with Crippen molar-refractivity contribution in [3.8, 4) is 0 Å². The van der Waals surface area contributed by atoms with Crippen molar-refractivity contribution in [2.24, 2.45) is 12.1 Å². The maximum Gasteiger partial charge on any atom is 0.259 e. The first-order chi connectivity index (χ1) is 12.5. The third-order valence-corrected chi connectivity index (χ3v) is 4.79. The molecule has 0 fully saturated rings. The monoisotopic (exact) mass is 348 g/mol. The summed E-state index contributed by atoms with van der Waals surface area (Å²) in [5.41, 5.74) is 9.22. The van der Waals surface area contributed by atoms with E-state index in [1.54, 1.807) is 6.21 Å². The molecule has 134 valence electrons. The van der Waals surface area contributed by atoms with Crippen LogP contribution in [0, 0.1) is 20.8 Å². The highest BCUT2D eigenvalue weighted by atomic mass is 16.2. The molecule has 0 bridgehead atoms. The molecule has 0 aliphatic carbocycles. The first kappa shape index (κ1) is 17.7. The Kier molecular flexibility index (Phi) is 5.07. The second-order valence-corrected chi connectivity index (χ2v) is 6.52. The number of anilines is 1. The van der Waals surface area contributed by atoms with Gasteiger partial charge in [0.15, 0.2) is 0 Å². The van der Waals surface area contributed by atoms with Crippen molar-refractivity contribution < 1.29 is 4.79 Å². The van der Waals surface area contributed by atoms with Gasteiger partial charge in [0.2, 0.25) is 0 Å². The molecule has 0 aliphatic rings. The summed E-state index contributed by atoms with van der Waals surface area (Å²) in [6, 6.07) is 14.2. The molecule has 5 nitrogen and oxygen atoms in total. The van der Waals surface area contributed by atoms with Crippen LogP contribution in [-0.4, -0.2) is 23.2 Å². The number of aryl methyl sites for hydroxylation is 3. The zero-order valence-electron chi connectivity index (χ0n) is 15.6. The van der Waals surface area contributed by atoms with E-state index in [2.05, 4.69) is 46.4 Å². The van der Waals surface area contributed by atoms with Crippen molar-refractivity contribution in [3.63, 3.8) is 0 Å². The van der Waals surface area contributed by atoms with Crippen molar-refractivity contribution in [2.45, 2.75) is 20.8 Å². The van der Waals surface area contributed by atoms with Crippen molar-refractivity contribution in [2.75, 3.05) is 11.9 Å². The molecule has 1 heterocycles. The number of carbonyl (C=O) groups excluding carboxylic acids is 1. The normalized spacial score (nSPS) is 11.2. The Morgan fingerprint density at radius 3 is 2.65 bits per heavy atom. The Bertz CT molecular complexity index is 985. The highest BCUT2D eigenvalue weighted by Crippen LogP contribution is 2.22. The third kappa shape index (κ3) is 3.61. The SMILES string of the molecule is Cc1ccc(NCC(=O)N/N=C/c2c(C)n(C)c3ccccc23)cc1C. The second-order valence-electron chi connectivity index (χ2n) is 6.52. The molecule has 0 saturated heterocycles. The van der Waals surface area contributed by atoms with E-state index >= 15 is 0 Å². The predicted molar refractivity (Wildman–Crippen MR) is 108 cm³/mol. The number of carbonyl (C=O) groups is 1. The van der Waals surface area contributed by atoms with E-state index < -0.39 is 0 Å². The lowest BCUT2D eigenvalue weighted by Gasteiger charge is -2.07. The Balaban J connectivity index is 1.63. The topological polar surface area (TPSA) is 58.4 Å². The molecule has 0 atom stereocenters. The number of rotatable bonds is 5. The van der Waals surface area contributed by atoms with E-state index in [1.807, 2.05) is 44.3 Å². The lowest BCUT2D eigenvalue weighted by Crippen LogP contribution is -2.25. The van der Waals surface area contributed by atoms with Crippen LogP contribution in [0.1, 0.15) is 22.4 Å². The van der Waals surface area contributed by atoms with E-state index in [0.717, 1.165) is 27.8 Å². The lowest BCUT2D eigenvalue weighted by atomic mass is 10.1. The smallest absolute Gasteiger partial charge is 0.259 e. The van der Waals surface area contributed by atoms with Gasteiger partial charge in [0.05, 0.1) is 12.8 Å². The van der Waals surface area contributed by atoms with E-state index in [4.69, 9.17) is 0 Å². The fraction of sp³-hybridized carbons (Fsp3) is 0.238. The number of aromatic nitrogens is 1. The van der Waals surface area contributed by atoms with Crippen LogP contribution in [0.5, 0.6) is 0 Å². The molecule has 0 spiro atoms. The maximum atomic E-state index is 12.0. The van der Waals surface area contributed by atoms with Gasteiger partial charge in [0, 0.05) is 34.9 Å². The summed E-state index contributed by atoms with van der Waals surface area (Å²) in [5.74, 6) is -0.183. The largest absolute Gasteiger partial charge is 0.376 e. The molecule has 3 aromatic rings. The third-order valence-electron chi connectivity index (χ3n) is 4.79. The highest BCUT2D eigenvalue weighted by Gasteiger charge is 2.09. The van der Waals surface area contributed by atoms with Crippen molar-refractivity contribution in [1.82, 2.24) is 9.99 Å². The summed E-state index contributed by atoms with van der Waals surface area (Å²) < 4.78 is 2.12. The van der Waals surface area contributed by atoms with Crippen LogP contribution in [-0.2, 0) is 11.8 Å². The molecule has 3 rings (SSSR count). The molecule has 0 aliphatic heterocycles. The molecule has 5 heteroatoms. The van der Waals surface area contributed by atoms with Gasteiger partial charge in [-0.15, -0.1) is 0 Å². The first-order valence-electron chi connectivity index (χ1n) is 8.64. The Morgan fingerprint density at radius 2 is 1.88 bits per heavy atom. The van der Waals surface area contributed by atoms with Gasteiger partial charge in [-0.3, -0.25) is 4.79 Å². The summed E-state index contributed by atoms with van der Waals surface area (Å²) in [4.78, 5) is 12.0. The van der Waals surface area contributed by atoms with Crippen LogP contribution in [0.2, 0.25) is 0 Å². The molecule has 1 aromatic heterocycles. The minimum Gasteiger partial charge on any atom is -0.376 e. The maximum absolute atomic E-state index is 12.0. The minimum absolute atomic E-state index is 0.175. The van der Waals surface area contributed by atoms with Gasteiger partial charge in [-0.1, -0.05) is 24.3 Å².